The second kappa shape index (κ2) is 6.23. The first kappa shape index (κ1) is 12.7. The van der Waals surface area contributed by atoms with Crippen LogP contribution in [-0.4, -0.2) is 55.5 Å². The van der Waals surface area contributed by atoms with Crippen LogP contribution in [0, 0.1) is 0 Å². The Balaban J connectivity index is 4.26. The van der Waals surface area contributed by atoms with Crippen LogP contribution in [0.15, 0.2) is 0 Å². The molecule has 0 saturated carbocycles. The molecule has 0 saturated heterocycles. The van der Waals surface area contributed by atoms with Crippen LogP contribution in [0.1, 0.15) is 13.8 Å². The number of likely N-dealkylation sites (N-methyl/N-ethyl adjacent to an activating group) is 2. The fraction of sp³-hybridized carbons (Fsp3) is 0.778. The summed E-state index contributed by atoms with van der Waals surface area (Å²) in [5, 5.41) is 2.49. The minimum atomic E-state index is -0.148. The van der Waals surface area contributed by atoms with E-state index in [2.05, 4.69) is 5.32 Å². The van der Waals surface area contributed by atoms with Crippen LogP contribution < -0.4 is 5.32 Å². The first-order valence-corrected chi connectivity index (χ1v) is 4.77. The quantitative estimate of drug-likeness (QED) is 0.702. The van der Waals surface area contributed by atoms with Gasteiger partial charge in [0.05, 0.1) is 0 Å². The molecule has 0 aliphatic heterocycles. The average molecular weight is 201 g/mol. The lowest BCUT2D eigenvalue weighted by molar-refractivity contribution is -0.121. The Kier molecular flexibility index (Phi) is 5.67. The van der Waals surface area contributed by atoms with E-state index >= 15 is 0 Å². The van der Waals surface area contributed by atoms with Crippen molar-refractivity contribution in [1.82, 2.24) is 15.1 Å². The van der Waals surface area contributed by atoms with Crippen LogP contribution in [0.3, 0.4) is 0 Å². The summed E-state index contributed by atoms with van der Waals surface area (Å²) < 4.78 is 0. The maximum absolute atomic E-state index is 11.6. The zero-order valence-corrected chi connectivity index (χ0v) is 9.33. The van der Waals surface area contributed by atoms with E-state index < -0.39 is 0 Å². The maximum atomic E-state index is 11.6. The van der Waals surface area contributed by atoms with Gasteiger partial charge in [0.25, 0.3) is 0 Å². The van der Waals surface area contributed by atoms with Crippen LogP contribution >= 0.6 is 0 Å². The van der Waals surface area contributed by atoms with E-state index in [-0.39, 0.29) is 18.5 Å². The molecule has 0 rings (SSSR count). The van der Waals surface area contributed by atoms with Crippen molar-refractivity contribution < 1.29 is 9.59 Å². The van der Waals surface area contributed by atoms with Crippen LogP contribution in [0.4, 0.5) is 4.79 Å². The Labute approximate surface area is 85.1 Å². The number of carbonyl (C=O) groups is 2. The number of rotatable bonds is 4. The van der Waals surface area contributed by atoms with Gasteiger partial charge < -0.3 is 15.1 Å². The summed E-state index contributed by atoms with van der Waals surface area (Å²) in [5.41, 5.74) is 0. The number of amides is 3. The van der Waals surface area contributed by atoms with Crippen molar-refractivity contribution in [2.75, 3.05) is 33.7 Å². The second-order valence-corrected chi connectivity index (χ2v) is 2.98. The van der Waals surface area contributed by atoms with Gasteiger partial charge in [-0.25, -0.2) is 4.79 Å². The third-order valence-electron chi connectivity index (χ3n) is 2.07. The highest BCUT2D eigenvalue weighted by Crippen LogP contribution is 1.95. The van der Waals surface area contributed by atoms with Gasteiger partial charge in [-0.3, -0.25) is 4.79 Å². The lowest BCUT2D eigenvalue weighted by atomic mass is 10.4. The highest BCUT2D eigenvalue weighted by Gasteiger charge is 2.17. The van der Waals surface area contributed by atoms with Gasteiger partial charge in [-0.05, 0) is 13.8 Å². The molecule has 0 spiro atoms. The second-order valence-electron chi connectivity index (χ2n) is 2.98. The number of nitrogens with one attached hydrogen (secondary N) is 1. The molecular weight excluding hydrogens is 182 g/mol. The van der Waals surface area contributed by atoms with Crippen molar-refractivity contribution in [2.45, 2.75) is 13.8 Å². The van der Waals surface area contributed by atoms with Gasteiger partial charge in [-0.2, -0.15) is 0 Å². The number of hydrogen-bond acceptors (Lipinski definition) is 2. The summed E-state index contributed by atoms with van der Waals surface area (Å²) in [5.74, 6) is -0.148. The van der Waals surface area contributed by atoms with Crippen LogP contribution in [0.2, 0.25) is 0 Å². The molecular formula is C9H19N3O2. The Morgan fingerprint density at radius 1 is 1.21 bits per heavy atom. The van der Waals surface area contributed by atoms with Gasteiger partial charge in [0.1, 0.15) is 6.54 Å². The highest BCUT2D eigenvalue weighted by molar-refractivity contribution is 5.83. The molecule has 82 valence electrons. The van der Waals surface area contributed by atoms with Gasteiger partial charge >= 0.3 is 6.03 Å². The Morgan fingerprint density at radius 3 is 2.14 bits per heavy atom. The molecule has 0 atom stereocenters. The summed E-state index contributed by atoms with van der Waals surface area (Å²) in [7, 11) is 3.28. The number of urea groups is 1. The van der Waals surface area contributed by atoms with Gasteiger partial charge in [-0.1, -0.05) is 0 Å². The largest absolute Gasteiger partial charge is 0.358 e. The number of carbonyl (C=O) groups excluding carboxylic acids is 2. The van der Waals surface area contributed by atoms with E-state index in [0.29, 0.717) is 13.1 Å². The minimum Gasteiger partial charge on any atom is -0.358 e. The van der Waals surface area contributed by atoms with Gasteiger partial charge in [0, 0.05) is 27.2 Å². The first-order valence-electron chi connectivity index (χ1n) is 4.77. The van der Waals surface area contributed by atoms with E-state index in [4.69, 9.17) is 0 Å². The molecule has 0 aliphatic carbocycles. The van der Waals surface area contributed by atoms with Crippen LogP contribution in [-0.2, 0) is 4.79 Å². The summed E-state index contributed by atoms with van der Waals surface area (Å²) in [4.78, 5) is 25.8. The molecule has 0 radical (unpaired) electrons. The van der Waals surface area contributed by atoms with Crippen molar-refractivity contribution in [2.24, 2.45) is 0 Å². The molecule has 5 heteroatoms. The molecule has 0 fully saturated rings. The highest BCUT2D eigenvalue weighted by atomic mass is 16.2. The fourth-order valence-corrected chi connectivity index (χ4v) is 0.944. The maximum Gasteiger partial charge on any atom is 0.320 e. The zero-order valence-electron chi connectivity index (χ0n) is 9.33. The molecule has 0 unspecified atom stereocenters. The smallest absolute Gasteiger partial charge is 0.320 e. The number of hydrogen-bond donors (Lipinski definition) is 1. The van der Waals surface area contributed by atoms with Crippen molar-refractivity contribution >= 4 is 11.9 Å². The van der Waals surface area contributed by atoms with E-state index in [1.54, 1.807) is 19.0 Å². The predicted molar refractivity (Wildman–Crippen MR) is 55.0 cm³/mol. The molecule has 0 bridgehead atoms. The molecule has 0 aromatic rings. The molecule has 0 heterocycles. The van der Waals surface area contributed by atoms with E-state index in [9.17, 15) is 9.59 Å². The van der Waals surface area contributed by atoms with Crippen molar-refractivity contribution in [3.63, 3.8) is 0 Å². The SMILES string of the molecule is CCN(C)C(=O)N(CC)CC(=O)NC. The molecule has 14 heavy (non-hydrogen) atoms. The topological polar surface area (TPSA) is 52.7 Å². The van der Waals surface area contributed by atoms with E-state index in [0.717, 1.165) is 0 Å². The molecule has 0 aromatic heterocycles. The van der Waals surface area contributed by atoms with E-state index in [1.807, 2.05) is 13.8 Å². The molecule has 1 N–H and O–H groups in total. The third-order valence-corrected chi connectivity index (χ3v) is 2.07. The minimum absolute atomic E-state index is 0.112. The normalized spacial score (nSPS) is 9.43. The molecule has 0 aromatic carbocycles. The lowest BCUT2D eigenvalue weighted by Crippen LogP contribution is -2.45. The van der Waals surface area contributed by atoms with Gasteiger partial charge in [0.15, 0.2) is 0 Å². The third kappa shape index (κ3) is 3.64. The first-order chi connectivity index (χ1) is 6.56. The molecule has 3 amide bonds. The molecule has 5 nitrogen and oxygen atoms in total. The van der Waals surface area contributed by atoms with Gasteiger partial charge in [0.2, 0.25) is 5.91 Å². The fourth-order valence-electron chi connectivity index (χ4n) is 0.944. The van der Waals surface area contributed by atoms with Crippen LogP contribution in [0.5, 0.6) is 0 Å². The van der Waals surface area contributed by atoms with E-state index in [1.165, 1.54) is 4.90 Å². The summed E-state index contributed by atoms with van der Waals surface area (Å²) >= 11 is 0. The average Bonchev–Trinajstić information content (AvgIpc) is 2.23. The predicted octanol–water partition coefficient (Wildman–Crippen LogP) is 0.126. The Bertz CT molecular complexity index is 206. The summed E-state index contributed by atoms with van der Waals surface area (Å²) in [6, 6.07) is -0.112. The lowest BCUT2D eigenvalue weighted by Gasteiger charge is -2.25. The summed E-state index contributed by atoms with van der Waals surface area (Å²) in [6.07, 6.45) is 0. The van der Waals surface area contributed by atoms with Crippen molar-refractivity contribution in [3.05, 3.63) is 0 Å². The summed E-state index contributed by atoms with van der Waals surface area (Å²) in [6.45, 7) is 5.05. The van der Waals surface area contributed by atoms with Crippen molar-refractivity contribution in [1.29, 1.82) is 0 Å². The Morgan fingerprint density at radius 2 is 1.79 bits per heavy atom. The van der Waals surface area contributed by atoms with Crippen LogP contribution in [0.25, 0.3) is 0 Å². The Hall–Kier alpha value is -1.26. The van der Waals surface area contributed by atoms with Gasteiger partial charge in [-0.15, -0.1) is 0 Å². The zero-order chi connectivity index (χ0) is 11.1. The number of nitrogens with zero attached hydrogens (tertiary/aromatic N) is 2. The standard InChI is InChI=1S/C9H19N3O2/c1-5-11(4)9(14)12(6-2)7-8(13)10-3/h5-7H2,1-4H3,(H,10,13). The monoisotopic (exact) mass is 201 g/mol. The van der Waals surface area contributed by atoms with Crippen molar-refractivity contribution in [3.8, 4) is 0 Å². The molecule has 0 aliphatic rings.